The van der Waals surface area contributed by atoms with Gasteiger partial charge in [-0.1, -0.05) is 41.5 Å². The van der Waals surface area contributed by atoms with Crippen LogP contribution >= 0.6 is 0 Å². The highest BCUT2D eigenvalue weighted by molar-refractivity contribution is 5.93. The number of aromatic nitrogens is 1. The molecule has 1 aromatic heterocycles. The molecule has 2 N–H and O–H groups in total. The van der Waals surface area contributed by atoms with Gasteiger partial charge in [-0.3, -0.25) is 14.4 Å². The smallest absolute Gasteiger partial charge is 0.228 e. The van der Waals surface area contributed by atoms with Crippen LogP contribution in [-0.4, -0.2) is 57.7 Å². The number of aromatic amines is 1. The molecule has 7 heteroatoms. The molecule has 0 saturated carbocycles. The van der Waals surface area contributed by atoms with E-state index in [4.69, 9.17) is 0 Å². The van der Waals surface area contributed by atoms with Gasteiger partial charge < -0.3 is 20.1 Å². The van der Waals surface area contributed by atoms with Gasteiger partial charge in [-0.05, 0) is 92.7 Å². The molecule has 0 aliphatic carbocycles. The summed E-state index contributed by atoms with van der Waals surface area (Å²) in [5.41, 5.74) is 4.90. The molecule has 3 heterocycles. The number of hydrogen-bond donors (Lipinski definition) is 2. The van der Waals surface area contributed by atoms with E-state index in [1.165, 1.54) is 16.7 Å². The number of H-pyrrole nitrogens is 1. The molecule has 2 aliphatic heterocycles. The predicted molar refractivity (Wildman–Crippen MR) is 170 cm³/mol. The van der Waals surface area contributed by atoms with Crippen molar-refractivity contribution in [3.63, 3.8) is 0 Å². The van der Waals surface area contributed by atoms with E-state index in [-0.39, 0.29) is 36.2 Å². The molecule has 1 unspecified atom stereocenters. The van der Waals surface area contributed by atoms with Crippen molar-refractivity contribution in [3.05, 3.63) is 58.8 Å². The first-order valence-electron chi connectivity index (χ1n) is 15.7. The van der Waals surface area contributed by atoms with Crippen molar-refractivity contribution in [1.82, 2.24) is 20.1 Å². The molecular weight excluding hydrogens is 524 g/mol. The van der Waals surface area contributed by atoms with E-state index < -0.39 is 17.4 Å². The van der Waals surface area contributed by atoms with Gasteiger partial charge in [0.1, 0.15) is 0 Å². The summed E-state index contributed by atoms with van der Waals surface area (Å²) < 4.78 is 0. The van der Waals surface area contributed by atoms with Crippen molar-refractivity contribution in [1.29, 1.82) is 0 Å². The molecule has 0 spiro atoms. The fourth-order valence-electron chi connectivity index (χ4n) is 7.14. The summed E-state index contributed by atoms with van der Waals surface area (Å²) in [6.07, 6.45) is 7.36. The summed E-state index contributed by atoms with van der Waals surface area (Å²) in [6.45, 7) is 17.5. The molecule has 1 aromatic carbocycles. The Morgan fingerprint density at radius 3 is 2.48 bits per heavy atom. The minimum absolute atomic E-state index is 0.0199. The lowest BCUT2D eigenvalue weighted by Crippen LogP contribution is -2.65. The van der Waals surface area contributed by atoms with Crippen molar-refractivity contribution in [3.8, 4) is 0 Å². The molecule has 2 aromatic rings. The molecule has 2 aliphatic rings. The average molecular weight is 575 g/mol. The molecule has 7 nitrogen and oxygen atoms in total. The Morgan fingerprint density at radius 1 is 1.12 bits per heavy atom. The predicted octanol–water partition coefficient (Wildman–Crippen LogP) is 6.25. The lowest BCUT2D eigenvalue weighted by atomic mass is 9.67. The van der Waals surface area contributed by atoms with E-state index in [1.54, 1.807) is 0 Å². The number of carbonyl (C=O) groups excluding carboxylic acids is 3. The first-order chi connectivity index (χ1) is 19.9. The van der Waals surface area contributed by atoms with E-state index in [1.807, 2.05) is 55.7 Å². The average Bonchev–Trinajstić information content (AvgIpc) is 3.29. The highest BCUT2D eigenvalue weighted by atomic mass is 16.2. The highest BCUT2D eigenvalue weighted by Crippen LogP contribution is 2.50. The summed E-state index contributed by atoms with van der Waals surface area (Å²) in [4.78, 5) is 49.1. The Labute approximate surface area is 251 Å². The van der Waals surface area contributed by atoms with Crippen LogP contribution in [0.15, 0.2) is 47.6 Å². The Morgan fingerprint density at radius 2 is 1.81 bits per heavy atom. The van der Waals surface area contributed by atoms with Gasteiger partial charge in [0.25, 0.3) is 0 Å². The maximum absolute atomic E-state index is 14.4. The van der Waals surface area contributed by atoms with Crippen LogP contribution in [0.1, 0.15) is 92.3 Å². The van der Waals surface area contributed by atoms with Crippen LogP contribution in [0.5, 0.6) is 0 Å². The summed E-state index contributed by atoms with van der Waals surface area (Å²) in [5, 5.41) is 4.15. The van der Waals surface area contributed by atoms with Gasteiger partial charge in [-0.2, -0.15) is 0 Å². The third kappa shape index (κ3) is 6.20. The fraction of sp³-hybridized carbons (Fsp3) is 0.571. The van der Waals surface area contributed by atoms with E-state index in [0.29, 0.717) is 19.5 Å². The number of benzene rings is 1. The van der Waals surface area contributed by atoms with Crippen LogP contribution in [0, 0.1) is 11.8 Å². The molecule has 0 radical (unpaired) electrons. The summed E-state index contributed by atoms with van der Waals surface area (Å²) in [7, 11) is 0. The second-order valence-corrected chi connectivity index (χ2v) is 13.2. The van der Waals surface area contributed by atoms with Gasteiger partial charge in [-0.15, -0.1) is 0 Å². The Kier molecular flexibility index (Phi) is 9.69. The van der Waals surface area contributed by atoms with E-state index in [0.717, 1.165) is 35.9 Å². The molecule has 4 rings (SSSR count). The number of hydrogen-bond acceptors (Lipinski definition) is 3. The third-order valence-electron chi connectivity index (χ3n) is 9.22. The van der Waals surface area contributed by atoms with Crippen LogP contribution in [-0.2, 0) is 26.3 Å². The summed E-state index contributed by atoms with van der Waals surface area (Å²) in [5.74, 6) is -1.14. The van der Waals surface area contributed by atoms with Crippen molar-refractivity contribution in [2.45, 2.75) is 105 Å². The number of carbonyl (C=O) groups is 3. The molecular formula is C35H50N4O3. The van der Waals surface area contributed by atoms with E-state index in [9.17, 15) is 14.4 Å². The first kappa shape index (κ1) is 31.6. The van der Waals surface area contributed by atoms with Gasteiger partial charge >= 0.3 is 0 Å². The maximum Gasteiger partial charge on any atom is 0.228 e. The normalized spacial score (nSPS) is 22.3. The molecule has 0 bridgehead atoms. The maximum atomic E-state index is 14.4. The third-order valence-corrected chi connectivity index (χ3v) is 9.22. The number of allylic oxidation sites excluding steroid dienone is 3. The van der Waals surface area contributed by atoms with Crippen LogP contribution in [0.3, 0.4) is 0 Å². The Balaban J connectivity index is 1.61. The van der Waals surface area contributed by atoms with Crippen molar-refractivity contribution in [2.24, 2.45) is 11.8 Å². The SMILES string of the molecule is CC(C)=CCC/C(C)=C/CNC(=O)CC1C[C@H](C(=O)N(C(C)C)C(C)C)[C@@]2(C)c3[nH]c4ccccc4c3CCN2C1=O. The number of nitrogens with zero attached hydrogens (tertiary/aromatic N) is 2. The zero-order valence-electron chi connectivity index (χ0n) is 26.8. The molecule has 1 fully saturated rings. The van der Waals surface area contributed by atoms with Crippen LogP contribution in [0.4, 0.5) is 0 Å². The first-order valence-corrected chi connectivity index (χ1v) is 15.7. The van der Waals surface area contributed by atoms with Crippen molar-refractivity contribution >= 4 is 28.6 Å². The number of nitrogens with one attached hydrogen (secondary N) is 2. The Hall–Kier alpha value is -3.35. The lowest BCUT2D eigenvalue weighted by Gasteiger charge is -2.54. The zero-order valence-corrected chi connectivity index (χ0v) is 26.8. The topological polar surface area (TPSA) is 85.5 Å². The molecule has 1 saturated heterocycles. The number of piperidine rings is 1. The van der Waals surface area contributed by atoms with E-state index >= 15 is 0 Å². The fourth-order valence-corrected chi connectivity index (χ4v) is 7.14. The zero-order chi connectivity index (χ0) is 30.8. The molecule has 3 atom stereocenters. The second-order valence-electron chi connectivity index (χ2n) is 13.2. The highest BCUT2D eigenvalue weighted by Gasteiger charge is 2.57. The molecule has 42 heavy (non-hydrogen) atoms. The van der Waals surface area contributed by atoms with E-state index in [2.05, 4.69) is 56.2 Å². The van der Waals surface area contributed by atoms with Gasteiger partial charge in [0, 0.05) is 54.1 Å². The van der Waals surface area contributed by atoms with Gasteiger partial charge in [0.2, 0.25) is 17.7 Å². The molecule has 228 valence electrons. The van der Waals surface area contributed by atoms with Gasteiger partial charge in [0.05, 0.1) is 11.5 Å². The number of rotatable bonds is 10. The molecule has 3 amide bonds. The monoisotopic (exact) mass is 574 g/mol. The minimum Gasteiger partial charge on any atom is -0.356 e. The van der Waals surface area contributed by atoms with Gasteiger partial charge in [0.15, 0.2) is 0 Å². The number of amides is 3. The summed E-state index contributed by atoms with van der Waals surface area (Å²) >= 11 is 0. The van der Waals surface area contributed by atoms with Crippen LogP contribution < -0.4 is 5.32 Å². The minimum atomic E-state index is -0.819. The largest absolute Gasteiger partial charge is 0.356 e. The number of para-hydroxylation sites is 1. The second kappa shape index (κ2) is 12.9. The van der Waals surface area contributed by atoms with Gasteiger partial charge in [-0.25, -0.2) is 0 Å². The summed E-state index contributed by atoms with van der Waals surface area (Å²) in [6, 6.07) is 8.26. The van der Waals surface area contributed by atoms with Crippen molar-refractivity contribution < 1.29 is 14.4 Å². The van der Waals surface area contributed by atoms with Crippen molar-refractivity contribution in [2.75, 3.05) is 13.1 Å². The van der Waals surface area contributed by atoms with Crippen LogP contribution in [0.2, 0.25) is 0 Å². The Bertz CT molecular complexity index is 1370. The quantitative estimate of drug-likeness (QED) is 0.329. The number of fused-ring (bicyclic) bond motifs is 5. The van der Waals surface area contributed by atoms with Crippen LogP contribution in [0.25, 0.3) is 10.9 Å². The lowest BCUT2D eigenvalue weighted by molar-refractivity contribution is -0.166. The standard InChI is InChI=1S/C35H50N4O3/c1-22(2)12-11-13-25(7)16-18-36-31(40)21-26-20-29(34(42)39(23(3)4)24(5)6)35(8)32-28(17-19-38(35)33(26)41)27-14-9-10-15-30(27)37-32/h9-10,12,14-16,23-24,26,29,37H,11,13,17-21H2,1-8H3,(H,36,40)/b25-16+/t26?,29-,35+/m1/s1.